The highest BCUT2D eigenvalue weighted by atomic mass is 19.1. The lowest BCUT2D eigenvalue weighted by atomic mass is 10.0. The zero-order valence-electron chi connectivity index (χ0n) is 17.9. The first-order valence-electron chi connectivity index (χ1n) is 10.7. The molecule has 1 heterocycles. The normalized spacial score (nSPS) is 19.4. The smallest absolute Gasteiger partial charge is 0.242 e. The zero-order valence-corrected chi connectivity index (χ0v) is 17.9. The fourth-order valence-corrected chi connectivity index (χ4v) is 3.82. The lowest BCUT2D eigenvalue weighted by Crippen LogP contribution is -2.53. The molecule has 1 aliphatic rings. The van der Waals surface area contributed by atoms with E-state index in [2.05, 4.69) is 16.0 Å². The van der Waals surface area contributed by atoms with E-state index >= 15 is 0 Å². The van der Waals surface area contributed by atoms with Crippen molar-refractivity contribution in [3.8, 4) is 0 Å². The molecule has 32 heavy (non-hydrogen) atoms. The minimum absolute atomic E-state index is 0.00408. The lowest BCUT2D eigenvalue weighted by Gasteiger charge is -2.20. The highest BCUT2D eigenvalue weighted by molar-refractivity contribution is 5.92. The monoisotopic (exact) mass is 443 g/mol. The number of rotatable bonds is 7. The van der Waals surface area contributed by atoms with Crippen molar-refractivity contribution in [3.05, 3.63) is 71.3 Å². The van der Waals surface area contributed by atoms with Crippen LogP contribution in [0.4, 0.5) is 8.78 Å². The molecule has 8 heteroatoms. The Bertz CT molecular complexity index is 948. The van der Waals surface area contributed by atoms with Gasteiger partial charge in [0.05, 0.1) is 6.42 Å². The predicted octanol–water partition coefficient (Wildman–Crippen LogP) is 2.41. The van der Waals surface area contributed by atoms with Crippen LogP contribution in [0.25, 0.3) is 0 Å². The van der Waals surface area contributed by atoms with Crippen molar-refractivity contribution in [2.75, 3.05) is 0 Å². The van der Waals surface area contributed by atoms with Gasteiger partial charge in [0.15, 0.2) is 0 Å². The molecule has 3 atom stereocenters. The molecule has 2 aromatic rings. The van der Waals surface area contributed by atoms with E-state index in [4.69, 9.17) is 0 Å². The van der Waals surface area contributed by atoms with Gasteiger partial charge in [-0.05, 0) is 55.9 Å². The third-order valence-electron chi connectivity index (χ3n) is 5.41. The standard InChI is InChI=1S/C24H27F2N3O3/c1-15(27-22(30)13-17-10-18(25)14-19(26)11-17)23(31)29-21-9-5-8-20(28-24(21)32)12-16-6-3-2-4-7-16/h2-4,6-7,10-11,14-15,20-21H,5,8-9,12-13H2,1H3,(H,27,30)(H,28,32)(H,29,31). The molecule has 3 rings (SSSR count). The van der Waals surface area contributed by atoms with E-state index in [0.717, 1.165) is 43.0 Å². The van der Waals surface area contributed by atoms with Gasteiger partial charge in [-0.15, -0.1) is 0 Å². The molecule has 170 valence electrons. The van der Waals surface area contributed by atoms with Gasteiger partial charge in [0.1, 0.15) is 23.7 Å². The zero-order chi connectivity index (χ0) is 23.1. The third-order valence-corrected chi connectivity index (χ3v) is 5.41. The van der Waals surface area contributed by atoms with Crippen LogP contribution in [-0.4, -0.2) is 35.8 Å². The molecule has 0 bridgehead atoms. The van der Waals surface area contributed by atoms with Crippen LogP contribution < -0.4 is 16.0 Å². The van der Waals surface area contributed by atoms with Crippen molar-refractivity contribution in [1.29, 1.82) is 0 Å². The summed E-state index contributed by atoms with van der Waals surface area (Å²) in [7, 11) is 0. The minimum atomic E-state index is -0.905. The van der Waals surface area contributed by atoms with E-state index in [1.807, 2.05) is 30.3 Å². The Morgan fingerprint density at radius 3 is 2.44 bits per heavy atom. The van der Waals surface area contributed by atoms with Crippen LogP contribution in [0.5, 0.6) is 0 Å². The van der Waals surface area contributed by atoms with Gasteiger partial charge in [-0.2, -0.15) is 0 Å². The van der Waals surface area contributed by atoms with Gasteiger partial charge in [-0.25, -0.2) is 8.78 Å². The van der Waals surface area contributed by atoms with Gasteiger partial charge in [-0.3, -0.25) is 14.4 Å². The van der Waals surface area contributed by atoms with Crippen LogP contribution in [0.15, 0.2) is 48.5 Å². The van der Waals surface area contributed by atoms with Gasteiger partial charge in [-0.1, -0.05) is 30.3 Å². The predicted molar refractivity (Wildman–Crippen MR) is 116 cm³/mol. The summed E-state index contributed by atoms with van der Waals surface area (Å²) in [6.45, 7) is 1.49. The number of nitrogens with one attached hydrogen (secondary N) is 3. The summed E-state index contributed by atoms with van der Waals surface area (Å²) in [5.41, 5.74) is 1.30. The summed E-state index contributed by atoms with van der Waals surface area (Å²) in [4.78, 5) is 37.3. The van der Waals surface area contributed by atoms with E-state index in [1.54, 1.807) is 0 Å². The van der Waals surface area contributed by atoms with Crippen molar-refractivity contribution >= 4 is 17.7 Å². The summed E-state index contributed by atoms with van der Waals surface area (Å²) in [5.74, 6) is -2.84. The Morgan fingerprint density at radius 2 is 1.75 bits per heavy atom. The summed E-state index contributed by atoms with van der Waals surface area (Å²) >= 11 is 0. The number of amides is 3. The van der Waals surface area contributed by atoms with E-state index < -0.39 is 35.5 Å². The number of hydrogen-bond donors (Lipinski definition) is 3. The first-order valence-corrected chi connectivity index (χ1v) is 10.7. The molecule has 1 aliphatic heterocycles. The molecule has 2 aromatic carbocycles. The first-order chi connectivity index (χ1) is 15.3. The number of carbonyl (C=O) groups excluding carboxylic acids is 3. The number of benzene rings is 2. The SMILES string of the molecule is CC(NC(=O)Cc1cc(F)cc(F)c1)C(=O)NC1CCCC(Cc2ccccc2)NC1=O. The molecule has 1 saturated heterocycles. The molecular formula is C24H27F2N3O3. The van der Waals surface area contributed by atoms with Crippen molar-refractivity contribution in [1.82, 2.24) is 16.0 Å². The van der Waals surface area contributed by atoms with Crippen LogP contribution in [0.2, 0.25) is 0 Å². The second-order valence-electron chi connectivity index (χ2n) is 8.13. The van der Waals surface area contributed by atoms with Crippen LogP contribution in [-0.2, 0) is 27.2 Å². The van der Waals surface area contributed by atoms with E-state index in [0.29, 0.717) is 6.42 Å². The molecule has 0 aliphatic carbocycles. The molecule has 3 unspecified atom stereocenters. The fourth-order valence-electron chi connectivity index (χ4n) is 3.82. The number of hydrogen-bond acceptors (Lipinski definition) is 3. The number of halogens is 2. The second kappa shape index (κ2) is 10.8. The summed E-state index contributed by atoms with van der Waals surface area (Å²) < 4.78 is 26.6. The Hall–Kier alpha value is -3.29. The molecule has 0 saturated carbocycles. The van der Waals surface area contributed by atoms with Gasteiger partial charge >= 0.3 is 0 Å². The topological polar surface area (TPSA) is 87.3 Å². The summed E-state index contributed by atoms with van der Waals surface area (Å²) in [5, 5.41) is 8.19. The largest absolute Gasteiger partial charge is 0.351 e. The Labute approximate surface area is 185 Å². The minimum Gasteiger partial charge on any atom is -0.351 e. The average molecular weight is 443 g/mol. The fraction of sp³-hybridized carbons (Fsp3) is 0.375. The first kappa shape index (κ1) is 23.4. The maximum atomic E-state index is 13.3. The molecule has 3 N–H and O–H groups in total. The van der Waals surface area contributed by atoms with Crippen LogP contribution in [0.1, 0.15) is 37.3 Å². The summed E-state index contributed by atoms with van der Waals surface area (Å²) in [6.07, 6.45) is 2.54. The van der Waals surface area contributed by atoms with Gasteiger partial charge in [0.25, 0.3) is 0 Å². The second-order valence-corrected chi connectivity index (χ2v) is 8.13. The highest BCUT2D eigenvalue weighted by Gasteiger charge is 2.28. The quantitative estimate of drug-likeness (QED) is 0.614. The number of carbonyl (C=O) groups is 3. The van der Waals surface area contributed by atoms with Crippen molar-refractivity contribution in [2.45, 2.75) is 57.2 Å². The van der Waals surface area contributed by atoms with E-state index in [1.165, 1.54) is 6.92 Å². The van der Waals surface area contributed by atoms with E-state index in [9.17, 15) is 23.2 Å². The maximum absolute atomic E-state index is 13.3. The van der Waals surface area contributed by atoms with Crippen molar-refractivity contribution < 1.29 is 23.2 Å². The highest BCUT2D eigenvalue weighted by Crippen LogP contribution is 2.15. The van der Waals surface area contributed by atoms with Gasteiger partial charge in [0, 0.05) is 12.1 Å². The Morgan fingerprint density at radius 1 is 1.06 bits per heavy atom. The average Bonchev–Trinajstić information content (AvgIpc) is 2.88. The molecular weight excluding hydrogens is 416 g/mol. The molecule has 0 spiro atoms. The van der Waals surface area contributed by atoms with Crippen LogP contribution >= 0.6 is 0 Å². The molecule has 0 radical (unpaired) electrons. The Kier molecular flexibility index (Phi) is 7.92. The molecule has 0 aromatic heterocycles. The van der Waals surface area contributed by atoms with Gasteiger partial charge in [0.2, 0.25) is 17.7 Å². The van der Waals surface area contributed by atoms with Crippen molar-refractivity contribution in [3.63, 3.8) is 0 Å². The maximum Gasteiger partial charge on any atom is 0.242 e. The third kappa shape index (κ3) is 6.87. The Balaban J connectivity index is 1.49. The van der Waals surface area contributed by atoms with E-state index in [-0.39, 0.29) is 23.9 Å². The molecule has 3 amide bonds. The molecule has 1 fully saturated rings. The van der Waals surface area contributed by atoms with Crippen LogP contribution in [0.3, 0.4) is 0 Å². The van der Waals surface area contributed by atoms with Crippen molar-refractivity contribution in [2.24, 2.45) is 0 Å². The van der Waals surface area contributed by atoms with Gasteiger partial charge < -0.3 is 16.0 Å². The lowest BCUT2D eigenvalue weighted by molar-refractivity contribution is -0.131. The molecule has 6 nitrogen and oxygen atoms in total. The summed E-state index contributed by atoms with van der Waals surface area (Å²) in [6, 6.07) is 11.1. The van der Waals surface area contributed by atoms with Crippen LogP contribution in [0, 0.1) is 11.6 Å².